The summed E-state index contributed by atoms with van der Waals surface area (Å²) in [6.07, 6.45) is 3.46. The Morgan fingerprint density at radius 1 is 1.15 bits per heavy atom. The molecule has 34 heavy (non-hydrogen) atoms. The molecule has 1 amide bonds. The van der Waals surface area contributed by atoms with Crippen LogP contribution in [0, 0.1) is 11.8 Å². The average molecular weight is 467 g/mol. The highest BCUT2D eigenvalue weighted by Gasteiger charge is 2.64. The summed E-state index contributed by atoms with van der Waals surface area (Å²) in [7, 11) is 0. The van der Waals surface area contributed by atoms with E-state index in [1.807, 2.05) is 12.2 Å². The summed E-state index contributed by atoms with van der Waals surface area (Å²) in [5, 5.41) is 55.5. The monoisotopic (exact) mass is 467 g/mol. The normalized spacial score (nSPS) is 34.7. The maximum Gasteiger partial charge on any atom is 0.255 e. The lowest BCUT2D eigenvalue weighted by molar-refractivity contribution is -0.160. The van der Waals surface area contributed by atoms with Crippen LogP contribution in [0.4, 0.5) is 0 Å². The molecule has 0 radical (unpaired) electrons. The molecule has 9 nitrogen and oxygen atoms in total. The number of rotatable bonds is 2. The molecule has 0 aliphatic heterocycles. The number of allylic oxidation sites excluding steroid dienone is 2. The van der Waals surface area contributed by atoms with Crippen LogP contribution in [-0.4, -0.2) is 54.7 Å². The maximum atomic E-state index is 13.6. The molecule has 0 heterocycles. The lowest BCUT2D eigenvalue weighted by Crippen LogP contribution is -2.63. The topological polar surface area (TPSA) is 178 Å². The number of phenolic OH excluding ortho intramolecular Hbond substituents is 1. The van der Waals surface area contributed by atoms with Gasteiger partial charge in [0, 0.05) is 35.3 Å². The molecule has 0 saturated heterocycles. The maximum absolute atomic E-state index is 13.6. The number of fused-ring (bicyclic) bond motifs is 3. The third kappa shape index (κ3) is 2.65. The number of hydrogen-bond donors (Lipinski definition) is 6. The van der Waals surface area contributed by atoms with Gasteiger partial charge in [-0.05, 0) is 24.3 Å². The zero-order valence-corrected chi connectivity index (χ0v) is 18.4. The van der Waals surface area contributed by atoms with E-state index in [9.17, 15) is 39.9 Å². The Labute approximate surface area is 194 Å². The number of hydrogen-bond acceptors (Lipinski definition) is 8. The second-order valence-corrected chi connectivity index (χ2v) is 9.56. The molecule has 1 aromatic rings. The number of carbonyl (C=O) groups is 3. The highest BCUT2D eigenvalue weighted by molar-refractivity contribution is 6.23. The molecular formula is C25H25NO8. The van der Waals surface area contributed by atoms with Crippen molar-refractivity contribution in [3.05, 3.63) is 57.9 Å². The third-order valence-electron chi connectivity index (χ3n) is 7.94. The summed E-state index contributed by atoms with van der Waals surface area (Å²) in [6.45, 7) is 1.71. The summed E-state index contributed by atoms with van der Waals surface area (Å²) >= 11 is 0. The fourth-order valence-corrected chi connectivity index (χ4v) is 6.20. The minimum Gasteiger partial charge on any atom is -0.508 e. The molecule has 6 atom stereocenters. The third-order valence-corrected chi connectivity index (χ3v) is 7.94. The van der Waals surface area contributed by atoms with Gasteiger partial charge in [0.05, 0.1) is 11.7 Å². The number of carbonyl (C=O) groups excluding carboxylic acids is 3. The molecule has 6 unspecified atom stereocenters. The number of Topliss-reactive ketones (excluding diaryl/α,β-unsaturated/α-hetero) is 2. The van der Waals surface area contributed by atoms with Gasteiger partial charge in [-0.3, -0.25) is 14.4 Å². The molecule has 1 saturated carbocycles. The summed E-state index contributed by atoms with van der Waals surface area (Å²) in [5.41, 5.74) is 2.21. The zero-order valence-electron chi connectivity index (χ0n) is 18.4. The van der Waals surface area contributed by atoms with Gasteiger partial charge in [-0.1, -0.05) is 31.2 Å². The fraction of sp³-hybridized carbons (Fsp3) is 0.400. The molecule has 7 N–H and O–H groups in total. The number of nitrogens with two attached hydrogens (primary N) is 1. The summed E-state index contributed by atoms with van der Waals surface area (Å²) in [5.74, 6) is -8.49. The SMILES string of the molecule is CC1c2ccc(C3C=CCC3)c(O)c2C(O)=C2C(=O)C3(O)C(O)=C(C(N)=O)C(=O)CC3C(O)C21. The Morgan fingerprint density at radius 3 is 2.44 bits per heavy atom. The molecule has 4 aliphatic carbocycles. The first kappa shape index (κ1) is 22.4. The van der Waals surface area contributed by atoms with Crippen LogP contribution in [0.2, 0.25) is 0 Å². The minimum atomic E-state index is -2.82. The molecule has 1 aromatic carbocycles. The number of benzene rings is 1. The van der Waals surface area contributed by atoms with E-state index in [4.69, 9.17) is 5.73 Å². The highest BCUT2D eigenvalue weighted by atomic mass is 16.4. The van der Waals surface area contributed by atoms with Crippen LogP contribution in [0.1, 0.15) is 54.7 Å². The van der Waals surface area contributed by atoms with Crippen molar-refractivity contribution >= 4 is 23.2 Å². The van der Waals surface area contributed by atoms with Gasteiger partial charge in [0.2, 0.25) is 5.78 Å². The minimum absolute atomic E-state index is 0.0321. The van der Waals surface area contributed by atoms with Crippen LogP contribution in [0.5, 0.6) is 5.75 Å². The van der Waals surface area contributed by atoms with Crippen molar-refractivity contribution in [1.29, 1.82) is 0 Å². The molecule has 178 valence electrons. The predicted octanol–water partition coefficient (Wildman–Crippen LogP) is 1.39. The van der Waals surface area contributed by atoms with Crippen LogP contribution in [0.25, 0.3) is 5.76 Å². The van der Waals surface area contributed by atoms with Crippen LogP contribution >= 0.6 is 0 Å². The van der Waals surface area contributed by atoms with Gasteiger partial charge in [-0.15, -0.1) is 0 Å². The van der Waals surface area contributed by atoms with Gasteiger partial charge in [0.25, 0.3) is 5.91 Å². The second-order valence-electron chi connectivity index (χ2n) is 9.56. The Kier molecular flexibility index (Phi) is 4.79. The van der Waals surface area contributed by atoms with Crippen LogP contribution in [-0.2, 0) is 14.4 Å². The molecule has 0 aromatic heterocycles. The van der Waals surface area contributed by atoms with E-state index in [1.165, 1.54) is 0 Å². The molecular weight excluding hydrogens is 442 g/mol. The van der Waals surface area contributed by atoms with E-state index in [2.05, 4.69) is 0 Å². The van der Waals surface area contributed by atoms with Crippen molar-refractivity contribution in [2.75, 3.05) is 0 Å². The van der Waals surface area contributed by atoms with Gasteiger partial charge in [0.15, 0.2) is 11.4 Å². The predicted molar refractivity (Wildman–Crippen MR) is 119 cm³/mol. The Morgan fingerprint density at radius 2 is 1.82 bits per heavy atom. The molecule has 0 spiro atoms. The van der Waals surface area contributed by atoms with Gasteiger partial charge < -0.3 is 31.3 Å². The summed E-state index contributed by atoms with van der Waals surface area (Å²) in [4.78, 5) is 37.8. The largest absolute Gasteiger partial charge is 0.508 e. The van der Waals surface area contributed by atoms with E-state index in [0.29, 0.717) is 11.1 Å². The number of amides is 1. The number of ketones is 2. The molecule has 5 rings (SSSR count). The van der Waals surface area contributed by atoms with Crippen molar-refractivity contribution in [1.82, 2.24) is 0 Å². The van der Waals surface area contributed by atoms with E-state index >= 15 is 0 Å². The Bertz CT molecular complexity index is 1260. The van der Waals surface area contributed by atoms with Gasteiger partial charge in [-0.2, -0.15) is 0 Å². The first-order chi connectivity index (χ1) is 16.0. The average Bonchev–Trinajstić information content (AvgIpc) is 3.31. The number of aliphatic hydroxyl groups excluding tert-OH is 3. The van der Waals surface area contributed by atoms with Crippen molar-refractivity contribution in [2.45, 2.75) is 49.7 Å². The molecule has 0 bridgehead atoms. The zero-order chi connectivity index (χ0) is 24.7. The smallest absolute Gasteiger partial charge is 0.255 e. The van der Waals surface area contributed by atoms with Crippen molar-refractivity contribution in [3.63, 3.8) is 0 Å². The second kappa shape index (κ2) is 7.28. The van der Waals surface area contributed by atoms with Crippen LogP contribution in [0.15, 0.2) is 41.2 Å². The first-order valence-corrected chi connectivity index (χ1v) is 11.2. The lowest BCUT2D eigenvalue weighted by atomic mass is 9.55. The van der Waals surface area contributed by atoms with Crippen molar-refractivity contribution < 1.29 is 39.9 Å². The number of aromatic hydroxyl groups is 1. The first-order valence-electron chi connectivity index (χ1n) is 11.2. The van der Waals surface area contributed by atoms with E-state index in [1.54, 1.807) is 19.1 Å². The van der Waals surface area contributed by atoms with Crippen molar-refractivity contribution in [3.8, 4) is 5.75 Å². The van der Waals surface area contributed by atoms with E-state index < -0.39 is 70.4 Å². The Balaban J connectivity index is 1.74. The number of primary amides is 1. The standard InChI is InChI=1S/C25H25NO8/c1-9-11-6-7-12(10-4-2-3-5-10)19(28)16(11)21(30)18-15(9)20(29)13-8-14(27)17(24(26)33)22(31)25(13,34)23(18)32/h2,4,6-7,9-10,13,15,20,28-31,34H,3,5,8H2,1H3,(H2,26,33). The van der Waals surface area contributed by atoms with Gasteiger partial charge in [-0.25, -0.2) is 0 Å². The van der Waals surface area contributed by atoms with Gasteiger partial charge in [0.1, 0.15) is 22.8 Å². The summed E-state index contributed by atoms with van der Waals surface area (Å²) in [6, 6.07) is 3.50. The highest BCUT2D eigenvalue weighted by Crippen LogP contribution is 2.56. The number of phenols is 1. The van der Waals surface area contributed by atoms with E-state index in [-0.39, 0.29) is 22.8 Å². The van der Waals surface area contributed by atoms with Crippen LogP contribution < -0.4 is 5.73 Å². The Hall–Kier alpha value is -3.43. The number of aliphatic hydroxyl groups is 4. The van der Waals surface area contributed by atoms with Gasteiger partial charge >= 0.3 is 0 Å². The molecule has 9 heteroatoms. The fourth-order valence-electron chi connectivity index (χ4n) is 6.20. The van der Waals surface area contributed by atoms with Crippen molar-refractivity contribution in [2.24, 2.45) is 17.6 Å². The van der Waals surface area contributed by atoms with E-state index in [0.717, 1.165) is 12.8 Å². The lowest BCUT2D eigenvalue weighted by Gasteiger charge is -2.50. The van der Waals surface area contributed by atoms with Crippen LogP contribution in [0.3, 0.4) is 0 Å². The molecule has 1 fully saturated rings. The summed E-state index contributed by atoms with van der Waals surface area (Å²) < 4.78 is 0. The quantitative estimate of drug-likeness (QED) is 0.279. The molecule has 4 aliphatic rings.